The molecule has 0 saturated heterocycles. The van der Waals surface area contributed by atoms with Gasteiger partial charge in [-0.2, -0.15) is 0 Å². The van der Waals surface area contributed by atoms with Crippen molar-refractivity contribution in [3.05, 3.63) is 23.0 Å². The highest BCUT2D eigenvalue weighted by atomic mass is 127. The van der Waals surface area contributed by atoms with Crippen molar-refractivity contribution in [3.63, 3.8) is 0 Å². The fourth-order valence-corrected chi connectivity index (χ4v) is 3.19. The molecule has 0 aromatic carbocycles. The first-order chi connectivity index (χ1) is 12.0. The maximum atomic E-state index is 6.08. The second-order valence-corrected chi connectivity index (χ2v) is 7.05. The highest BCUT2D eigenvalue weighted by Gasteiger charge is 2.28. The minimum atomic E-state index is 0. The van der Waals surface area contributed by atoms with Gasteiger partial charge in [0.1, 0.15) is 0 Å². The second-order valence-electron chi connectivity index (χ2n) is 6.61. The number of nitrogens with one attached hydrogen (secondary N) is 1. The fourth-order valence-electron chi connectivity index (χ4n) is 2.92. The minimum Gasteiger partial charge on any atom is -0.383 e. The van der Waals surface area contributed by atoms with Gasteiger partial charge in [-0.25, -0.2) is 0 Å². The molecule has 1 saturated carbocycles. The molecule has 1 aliphatic rings. The molecule has 0 amide bonds. The topological polar surface area (TPSA) is 45.0 Å². The molecule has 8 heteroatoms. The summed E-state index contributed by atoms with van der Waals surface area (Å²) in [5.41, 5.74) is 1.16. The largest absolute Gasteiger partial charge is 0.383 e. The lowest BCUT2D eigenvalue weighted by Crippen LogP contribution is -2.39. The summed E-state index contributed by atoms with van der Waals surface area (Å²) in [7, 11) is 5.84. The van der Waals surface area contributed by atoms with Crippen molar-refractivity contribution in [1.29, 1.82) is 0 Å². The van der Waals surface area contributed by atoms with Crippen LogP contribution in [0.1, 0.15) is 25.5 Å². The number of hydrogen-bond acceptors (Lipinski definition) is 3. The molecule has 0 aliphatic heterocycles. The van der Waals surface area contributed by atoms with E-state index < -0.39 is 0 Å². The number of guanidine groups is 1. The van der Waals surface area contributed by atoms with Crippen molar-refractivity contribution in [2.45, 2.75) is 32.4 Å². The molecule has 26 heavy (non-hydrogen) atoms. The first kappa shape index (κ1) is 23.5. The molecular weight excluding hydrogens is 465 g/mol. The molecule has 1 N–H and O–H groups in total. The third-order valence-electron chi connectivity index (χ3n) is 4.46. The van der Waals surface area contributed by atoms with E-state index in [1.165, 1.54) is 12.8 Å². The summed E-state index contributed by atoms with van der Waals surface area (Å²) in [6, 6.07) is 2.73. The van der Waals surface area contributed by atoms with Crippen molar-refractivity contribution in [1.82, 2.24) is 19.7 Å². The Labute approximate surface area is 179 Å². The Morgan fingerprint density at radius 1 is 1.42 bits per heavy atom. The number of aromatic nitrogens is 1. The normalized spacial score (nSPS) is 14.5. The quantitative estimate of drug-likeness (QED) is 0.307. The summed E-state index contributed by atoms with van der Waals surface area (Å²) in [6.45, 7) is 7.27. The van der Waals surface area contributed by atoms with Gasteiger partial charge in [0.25, 0.3) is 0 Å². The smallest absolute Gasteiger partial charge is 0.194 e. The van der Waals surface area contributed by atoms with Crippen molar-refractivity contribution < 1.29 is 4.74 Å². The zero-order chi connectivity index (χ0) is 18.2. The molecule has 0 spiro atoms. The second kappa shape index (κ2) is 12.0. The van der Waals surface area contributed by atoms with Gasteiger partial charge in [0.2, 0.25) is 0 Å². The number of hydrogen-bond donors (Lipinski definition) is 1. The van der Waals surface area contributed by atoms with Crippen LogP contribution in [0.5, 0.6) is 0 Å². The molecule has 0 bridgehead atoms. The van der Waals surface area contributed by atoms with E-state index in [-0.39, 0.29) is 24.0 Å². The van der Waals surface area contributed by atoms with Crippen molar-refractivity contribution in [2.75, 3.05) is 46.9 Å². The summed E-state index contributed by atoms with van der Waals surface area (Å²) in [5.74, 6) is 0.933. The number of methoxy groups -OCH3 is 1. The van der Waals surface area contributed by atoms with E-state index in [1.54, 1.807) is 7.11 Å². The zero-order valence-corrected chi connectivity index (χ0v) is 19.5. The van der Waals surface area contributed by atoms with Crippen LogP contribution in [0.2, 0.25) is 5.02 Å². The van der Waals surface area contributed by atoms with Crippen LogP contribution in [-0.4, -0.2) is 73.3 Å². The minimum absolute atomic E-state index is 0. The van der Waals surface area contributed by atoms with Gasteiger partial charge in [0.15, 0.2) is 5.96 Å². The van der Waals surface area contributed by atoms with Gasteiger partial charge >= 0.3 is 0 Å². The zero-order valence-electron chi connectivity index (χ0n) is 16.4. The molecule has 1 aromatic heterocycles. The number of aryl methyl sites for hydroxylation is 1. The van der Waals surface area contributed by atoms with Crippen LogP contribution in [0.3, 0.4) is 0 Å². The molecular formula is C18H33ClIN5O. The van der Waals surface area contributed by atoms with E-state index in [1.807, 2.05) is 19.3 Å². The lowest BCUT2D eigenvalue weighted by atomic mass is 10.4. The average molecular weight is 498 g/mol. The molecule has 1 aliphatic carbocycles. The summed E-state index contributed by atoms with van der Waals surface area (Å²) in [4.78, 5) is 9.45. The standard InChI is InChI=1S/C18H32ClN5O.HI/c1-5-20-18(23(3)14-17-12-15(19)13-22(17)2)21-8-9-24(10-11-25-4)16-6-7-16;/h12-13,16H,5-11,14H2,1-4H3,(H,20,21);1H. The SMILES string of the molecule is CCNC(=NCCN(CCOC)C1CC1)N(C)Cc1cc(Cl)cn1C.I. The van der Waals surface area contributed by atoms with E-state index >= 15 is 0 Å². The Kier molecular flexibility index (Phi) is 10.9. The number of ether oxygens (including phenoxy) is 1. The van der Waals surface area contributed by atoms with Crippen LogP contribution in [0.15, 0.2) is 17.3 Å². The van der Waals surface area contributed by atoms with Crippen LogP contribution < -0.4 is 5.32 Å². The lowest BCUT2D eigenvalue weighted by molar-refractivity contribution is 0.145. The maximum absolute atomic E-state index is 6.08. The maximum Gasteiger partial charge on any atom is 0.194 e. The Balaban J connectivity index is 0.00000338. The highest BCUT2D eigenvalue weighted by Crippen LogP contribution is 2.26. The number of halogens is 2. The Bertz CT molecular complexity index is 562. The monoisotopic (exact) mass is 497 g/mol. The number of rotatable bonds is 10. The third-order valence-corrected chi connectivity index (χ3v) is 4.67. The van der Waals surface area contributed by atoms with Crippen molar-refractivity contribution in [2.24, 2.45) is 12.0 Å². The van der Waals surface area contributed by atoms with Crippen LogP contribution in [-0.2, 0) is 18.3 Å². The summed E-state index contributed by atoms with van der Waals surface area (Å²) in [6.07, 6.45) is 4.54. The van der Waals surface area contributed by atoms with Crippen molar-refractivity contribution in [3.8, 4) is 0 Å². The number of nitrogens with zero attached hydrogens (tertiary/aromatic N) is 4. The lowest BCUT2D eigenvalue weighted by Gasteiger charge is -2.24. The number of aliphatic imine (C=N–C) groups is 1. The predicted octanol–water partition coefficient (Wildman–Crippen LogP) is 2.80. The van der Waals surface area contributed by atoms with Gasteiger partial charge in [-0.05, 0) is 25.8 Å². The van der Waals surface area contributed by atoms with E-state index in [0.29, 0.717) is 0 Å². The van der Waals surface area contributed by atoms with E-state index in [0.717, 1.165) is 62.0 Å². The van der Waals surface area contributed by atoms with Crippen molar-refractivity contribution >= 4 is 41.5 Å². The average Bonchev–Trinajstić information content (AvgIpc) is 3.36. The molecule has 1 heterocycles. The molecule has 1 fully saturated rings. The first-order valence-electron chi connectivity index (χ1n) is 9.08. The molecule has 2 rings (SSSR count). The van der Waals surface area contributed by atoms with Crippen LogP contribution in [0.25, 0.3) is 0 Å². The predicted molar refractivity (Wildman–Crippen MR) is 120 cm³/mol. The Morgan fingerprint density at radius 2 is 2.15 bits per heavy atom. The molecule has 0 radical (unpaired) electrons. The highest BCUT2D eigenvalue weighted by molar-refractivity contribution is 14.0. The fraction of sp³-hybridized carbons (Fsp3) is 0.722. The third kappa shape index (κ3) is 7.62. The summed E-state index contributed by atoms with van der Waals surface area (Å²) in [5, 5.41) is 4.15. The molecule has 0 unspecified atom stereocenters. The van der Waals surface area contributed by atoms with Crippen LogP contribution in [0.4, 0.5) is 0 Å². The van der Waals surface area contributed by atoms with E-state index in [9.17, 15) is 0 Å². The molecule has 1 aromatic rings. The van der Waals surface area contributed by atoms with Gasteiger partial charge in [0.05, 0.1) is 24.7 Å². The Morgan fingerprint density at radius 3 is 2.69 bits per heavy atom. The van der Waals surface area contributed by atoms with Crippen LogP contribution >= 0.6 is 35.6 Å². The molecule has 0 atom stereocenters. The van der Waals surface area contributed by atoms with Gasteiger partial charge < -0.3 is 19.5 Å². The van der Waals surface area contributed by atoms with Gasteiger partial charge in [0, 0.05) is 58.8 Å². The van der Waals surface area contributed by atoms with E-state index in [4.69, 9.17) is 21.3 Å². The Hall–Kier alpha value is -0.510. The van der Waals surface area contributed by atoms with Gasteiger partial charge in [-0.15, -0.1) is 24.0 Å². The molecule has 6 nitrogen and oxygen atoms in total. The summed E-state index contributed by atoms with van der Waals surface area (Å²) >= 11 is 6.08. The first-order valence-corrected chi connectivity index (χ1v) is 9.46. The molecule has 150 valence electrons. The van der Waals surface area contributed by atoms with E-state index in [2.05, 4.69) is 33.7 Å². The van der Waals surface area contributed by atoms with Crippen LogP contribution in [0, 0.1) is 0 Å². The van der Waals surface area contributed by atoms with Gasteiger partial charge in [-0.3, -0.25) is 9.89 Å². The van der Waals surface area contributed by atoms with Gasteiger partial charge in [-0.1, -0.05) is 11.6 Å². The summed E-state index contributed by atoms with van der Waals surface area (Å²) < 4.78 is 7.28.